The number of carbonyl (C=O) groups is 1. The van der Waals surface area contributed by atoms with Crippen LogP contribution < -0.4 is 5.32 Å². The number of nitrogens with zero attached hydrogens (tertiary/aromatic N) is 4. The van der Waals surface area contributed by atoms with Crippen molar-refractivity contribution in [1.82, 2.24) is 19.6 Å². The van der Waals surface area contributed by atoms with E-state index in [0.717, 1.165) is 33.2 Å². The normalized spacial score (nSPS) is 11.1. The molecule has 1 N–H and O–H groups in total. The summed E-state index contributed by atoms with van der Waals surface area (Å²) >= 11 is 1.36. The fraction of sp³-hybridized carbons (Fsp3) is 0.238. The molecule has 0 atom stereocenters. The maximum atomic E-state index is 12.7. The third-order valence-electron chi connectivity index (χ3n) is 4.82. The highest BCUT2D eigenvalue weighted by Gasteiger charge is 2.19. The molecular weight excluding hydrogens is 370 g/mol. The summed E-state index contributed by atoms with van der Waals surface area (Å²) in [5.74, 6) is -0.135. The van der Waals surface area contributed by atoms with Crippen LogP contribution in [0, 0.1) is 27.7 Å². The molecule has 0 saturated heterocycles. The SMILES string of the molecule is Cc1nnc(NC(=O)Cc2c(-c3ccc(C)c(C)c3)nc3c(C)cccn23)s1. The first-order chi connectivity index (χ1) is 13.4. The van der Waals surface area contributed by atoms with Crippen LogP contribution in [0.25, 0.3) is 16.9 Å². The summed E-state index contributed by atoms with van der Waals surface area (Å²) in [7, 11) is 0. The molecule has 0 radical (unpaired) electrons. The minimum atomic E-state index is -0.135. The van der Waals surface area contributed by atoms with E-state index in [9.17, 15) is 4.79 Å². The summed E-state index contributed by atoms with van der Waals surface area (Å²) in [5.41, 5.74) is 7.08. The Kier molecular flexibility index (Phi) is 4.68. The third kappa shape index (κ3) is 3.41. The van der Waals surface area contributed by atoms with Crippen molar-refractivity contribution >= 4 is 28.0 Å². The molecular formula is C21H21N5OS. The van der Waals surface area contributed by atoms with Crippen LogP contribution in [0.2, 0.25) is 0 Å². The average molecular weight is 392 g/mol. The Hall–Kier alpha value is -3.06. The van der Waals surface area contributed by atoms with Crippen molar-refractivity contribution in [3.63, 3.8) is 0 Å². The lowest BCUT2D eigenvalue weighted by Gasteiger charge is -2.07. The van der Waals surface area contributed by atoms with Crippen LogP contribution in [-0.4, -0.2) is 25.5 Å². The fourth-order valence-electron chi connectivity index (χ4n) is 3.20. The molecule has 7 heteroatoms. The molecule has 4 aromatic rings. The lowest BCUT2D eigenvalue weighted by atomic mass is 10.0. The summed E-state index contributed by atoms with van der Waals surface area (Å²) < 4.78 is 2.00. The molecule has 0 spiro atoms. The number of anilines is 1. The van der Waals surface area contributed by atoms with Gasteiger partial charge in [0.15, 0.2) is 0 Å². The molecule has 3 heterocycles. The first-order valence-corrected chi connectivity index (χ1v) is 9.88. The molecule has 0 fully saturated rings. The molecule has 28 heavy (non-hydrogen) atoms. The highest BCUT2D eigenvalue weighted by atomic mass is 32.1. The van der Waals surface area contributed by atoms with Gasteiger partial charge in [0.2, 0.25) is 11.0 Å². The van der Waals surface area contributed by atoms with E-state index in [4.69, 9.17) is 4.98 Å². The van der Waals surface area contributed by atoms with Gasteiger partial charge in [0.25, 0.3) is 0 Å². The Bertz CT molecular complexity index is 1190. The Balaban J connectivity index is 1.77. The summed E-state index contributed by atoms with van der Waals surface area (Å²) in [5, 5.41) is 12.1. The van der Waals surface area contributed by atoms with Gasteiger partial charge in [-0.1, -0.05) is 29.5 Å². The number of carbonyl (C=O) groups excluding carboxylic acids is 1. The number of aromatic nitrogens is 4. The number of fused-ring (bicyclic) bond motifs is 1. The third-order valence-corrected chi connectivity index (χ3v) is 5.58. The summed E-state index contributed by atoms with van der Waals surface area (Å²) in [6.07, 6.45) is 2.16. The van der Waals surface area contributed by atoms with Gasteiger partial charge in [-0.15, -0.1) is 10.2 Å². The van der Waals surface area contributed by atoms with Crippen molar-refractivity contribution in [3.8, 4) is 11.3 Å². The maximum absolute atomic E-state index is 12.7. The second kappa shape index (κ2) is 7.16. The van der Waals surface area contributed by atoms with Crippen LogP contribution in [0.3, 0.4) is 0 Å². The van der Waals surface area contributed by atoms with Crippen molar-refractivity contribution < 1.29 is 4.79 Å². The van der Waals surface area contributed by atoms with Gasteiger partial charge in [-0.2, -0.15) is 0 Å². The van der Waals surface area contributed by atoms with E-state index in [2.05, 4.69) is 47.6 Å². The molecule has 0 unspecified atom stereocenters. The molecule has 142 valence electrons. The van der Waals surface area contributed by atoms with E-state index in [0.29, 0.717) is 5.13 Å². The Morgan fingerprint density at radius 1 is 1.07 bits per heavy atom. The number of benzene rings is 1. The summed E-state index contributed by atoms with van der Waals surface area (Å²) in [6, 6.07) is 10.3. The molecule has 3 aromatic heterocycles. The monoisotopic (exact) mass is 391 g/mol. The number of hydrogen-bond donors (Lipinski definition) is 1. The number of nitrogens with one attached hydrogen (secondary N) is 1. The van der Waals surface area contributed by atoms with Crippen LogP contribution in [-0.2, 0) is 11.2 Å². The highest BCUT2D eigenvalue weighted by Crippen LogP contribution is 2.28. The van der Waals surface area contributed by atoms with Gasteiger partial charge >= 0.3 is 0 Å². The van der Waals surface area contributed by atoms with Crippen molar-refractivity contribution in [3.05, 3.63) is 63.9 Å². The van der Waals surface area contributed by atoms with E-state index in [1.807, 2.05) is 36.6 Å². The molecule has 0 aliphatic carbocycles. The standard InChI is InChI=1S/C21H21N5OS/c1-12-7-8-16(10-14(12)3)19-17(26-9-5-6-13(2)20(26)23-19)11-18(27)22-21-25-24-15(4)28-21/h5-10H,11H2,1-4H3,(H,22,25,27). The number of hydrogen-bond acceptors (Lipinski definition) is 5. The number of pyridine rings is 1. The largest absolute Gasteiger partial charge is 0.303 e. The van der Waals surface area contributed by atoms with E-state index in [-0.39, 0.29) is 12.3 Å². The van der Waals surface area contributed by atoms with Gasteiger partial charge in [-0.05, 0) is 56.5 Å². The number of aryl methyl sites for hydroxylation is 4. The van der Waals surface area contributed by atoms with Gasteiger partial charge in [-0.3, -0.25) is 4.79 Å². The zero-order valence-corrected chi connectivity index (χ0v) is 17.1. The molecule has 0 aliphatic heterocycles. The maximum Gasteiger partial charge on any atom is 0.232 e. The second-order valence-electron chi connectivity index (χ2n) is 6.94. The number of rotatable bonds is 4. The minimum Gasteiger partial charge on any atom is -0.303 e. The van der Waals surface area contributed by atoms with E-state index in [1.54, 1.807) is 0 Å². The average Bonchev–Trinajstić information content (AvgIpc) is 3.22. The molecule has 0 aliphatic rings. The van der Waals surface area contributed by atoms with Gasteiger partial charge in [-0.25, -0.2) is 4.98 Å². The van der Waals surface area contributed by atoms with Crippen molar-refractivity contribution in [2.24, 2.45) is 0 Å². The Labute approximate surface area is 167 Å². The zero-order valence-electron chi connectivity index (χ0n) is 16.3. The van der Waals surface area contributed by atoms with E-state index < -0.39 is 0 Å². The summed E-state index contributed by atoms with van der Waals surface area (Å²) in [4.78, 5) is 17.6. The van der Waals surface area contributed by atoms with Crippen molar-refractivity contribution in [2.75, 3.05) is 5.32 Å². The smallest absolute Gasteiger partial charge is 0.232 e. The molecule has 1 amide bonds. The quantitative estimate of drug-likeness (QED) is 0.564. The number of amides is 1. The molecule has 0 bridgehead atoms. The predicted octanol–water partition coefficient (Wildman–Crippen LogP) is 4.27. The summed E-state index contributed by atoms with van der Waals surface area (Å²) in [6.45, 7) is 8.06. The van der Waals surface area contributed by atoms with Crippen LogP contribution >= 0.6 is 11.3 Å². The molecule has 1 aromatic carbocycles. The van der Waals surface area contributed by atoms with E-state index in [1.165, 1.54) is 22.5 Å². The predicted molar refractivity (Wildman–Crippen MR) is 112 cm³/mol. The van der Waals surface area contributed by atoms with Crippen LogP contribution in [0.4, 0.5) is 5.13 Å². The first-order valence-electron chi connectivity index (χ1n) is 9.06. The van der Waals surface area contributed by atoms with Crippen molar-refractivity contribution in [2.45, 2.75) is 34.1 Å². The van der Waals surface area contributed by atoms with Gasteiger partial charge in [0, 0.05) is 11.8 Å². The lowest BCUT2D eigenvalue weighted by molar-refractivity contribution is -0.115. The lowest BCUT2D eigenvalue weighted by Crippen LogP contribution is -2.16. The fourth-order valence-corrected chi connectivity index (χ4v) is 3.81. The van der Waals surface area contributed by atoms with E-state index >= 15 is 0 Å². The minimum absolute atomic E-state index is 0.135. The topological polar surface area (TPSA) is 72.2 Å². The first kappa shape index (κ1) is 18.3. The van der Waals surface area contributed by atoms with Crippen LogP contribution in [0.1, 0.15) is 27.4 Å². The zero-order chi connectivity index (χ0) is 19.8. The van der Waals surface area contributed by atoms with Crippen molar-refractivity contribution in [1.29, 1.82) is 0 Å². The van der Waals surface area contributed by atoms with Gasteiger partial charge in [0.1, 0.15) is 10.7 Å². The number of imidazole rings is 1. The molecule has 6 nitrogen and oxygen atoms in total. The van der Waals surface area contributed by atoms with Crippen LogP contribution in [0.15, 0.2) is 36.5 Å². The molecule has 4 rings (SSSR count). The highest BCUT2D eigenvalue weighted by molar-refractivity contribution is 7.15. The van der Waals surface area contributed by atoms with Gasteiger partial charge in [0.05, 0.1) is 17.8 Å². The molecule has 0 saturated carbocycles. The van der Waals surface area contributed by atoms with Crippen LogP contribution in [0.5, 0.6) is 0 Å². The Morgan fingerprint density at radius 2 is 1.89 bits per heavy atom. The Morgan fingerprint density at radius 3 is 2.61 bits per heavy atom. The second-order valence-corrected chi connectivity index (χ2v) is 8.12. The van der Waals surface area contributed by atoms with Gasteiger partial charge < -0.3 is 9.72 Å².